The minimum absolute atomic E-state index is 0.729. The van der Waals surface area contributed by atoms with Crippen molar-refractivity contribution in [3.05, 3.63) is 32.3 Å². The number of nitrogens with one attached hydrogen (secondary N) is 1. The zero-order chi connectivity index (χ0) is 14.4. The molecule has 3 aromatic rings. The highest BCUT2D eigenvalue weighted by Gasteiger charge is 2.21. The highest BCUT2D eigenvalue weighted by molar-refractivity contribution is 7.19. The van der Waals surface area contributed by atoms with E-state index in [-0.39, 0.29) is 0 Å². The molecule has 3 heterocycles. The van der Waals surface area contributed by atoms with Crippen LogP contribution >= 0.6 is 22.7 Å². The monoisotopic (exact) mass is 316 g/mol. The molecule has 0 fully saturated rings. The number of anilines is 1. The van der Waals surface area contributed by atoms with E-state index in [1.54, 1.807) is 17.7 Å². The fraction of sp³-hybridized carbons (Fsp3) is 0.400. The average molecular weight is 316 g/mol. The van der Waals surface area contributed by atoms with Gasteiger partial charge in [-0.3, -0.25) is 0 Å². The first-order chi connectivity index (χ1) is 10.2. The number of nitrogens with zero attached hydrogens (tertiary/aromatic N) is 3. The third kappa shape index (κ3) is 2.22. The maximum Gasteiger partial charge on any atom is 0.138 e. The summed E-state index contributed by atoms with van der Waals surface area (Å²) >= 11 is 3.57. The van der Waals surface area contributed by atoms with Crippen molar-refractivity contribution < 1.29 is 0 Å². The van der Waals surface area contributed by atoms with Crippen LogP contribution in [0, 0.1) is 13.8 Å². The van der Waals surface area contributed by atoms with Gasteiger partial charge < -0.3 is 5.32 Å². The molecule has 0 saturated heterocycles. The molecule has 0 amide bonds. The van der Waals surface area contributed by atoms with E-state index >= 15 is 0 Å². The van der Waals surface area contributed by atoms with Crippen molar-refractivity contribution >= 4 is 38.7 Å². The summed E-state index contributed by atoms with van der Waals surface area (Å²) in [7, 11) is 0. The van der Waals surface area contributed by atoms with Gasteiger partial charge in [-0.2, -0.15) is 0 Å². The minimum Gasteiger partial charge on any atom is -0.364 e. The van der Waals surface area contributed by atoms with Gasteiger partial charge in [-0.1, -0.05) is 0 Å². The second-order valence-electron chi connectivity index (χ2n) is 5.35. The van der Waals surface area contributed by atoms with Crippen molar-refractivity contribution in [2.24, 2.45) is 0 Å². The Kier molecular flexibility index (Phi) is 3.15. The molecular weight excluding hydrogens is 300 g/mol. The molecular formula is C15H16N4S2. The molecule has 6 heteroatoms. The van der Waals surface area contributed by atoms with Crippen LogP contribution in [0.3, 0.4) is 0 Å². The molecule has 0 radical (unpaired) electrons. The third-order valence-electron chi connectivity index (χ3n) is 3.92. The van der Waals surface area contributed by atoms with Crippen LogP contribution in [-0.2, 0) is 19.4 Å². The van der Waals surface area contributed by atoms with E-state index in [9.17, 15) is 0 Å². The number of fused-ring (bicyclic) bond motifs is 3. The number of rotatable bonds is 3. The molecule has 4 rings (SSSR count). The first kappa shape index (κ1) is 13.2. The molecule has 108 valence electrons. The van der Waals surface area contributed by atoms with Crippen molar-refractivity contribution in [1.29, 1.82) is 0 Å². The zero-order valence-electron chi connectivity index (χ0n) is 12.1. The number of hydrogen-bond donors (Lipinski definition) is 1. The van der Waals surface area contributed by atoms with Crippen LogP contribution in [0.4, 0.5) is 5.82 Å². The van der Waals surface area contributed by atoms with E-state index in [4.69, 9.17) is 0 Å². The largest absolute Gasteiger partial charge is 0.364 e. The Bertz CT molecular complexity index is 819. The van der Waals surface area contributed by atoms with Crippen LogP contribution in [0.2, 0.25) is 0 Å². The Labute approximate surface area is 131 Å². The zero-order valence-corrected chi connectivity index (χ0v) is 13.7. The molecule has 0 aromatic carbocycles. The molecule has 0 saturated carbocycles. The fourth-order valence-electron chi connectivity index (χ4n) is 2.97. The number of thiophene rings is 1. The molecule has 1 aliphatic rings. The van der Waals surface area contributed by atoms with E-state index in [0.29, 0.717) is 0 Å². The van der Waals surface area contributed by atoms with Crippen LogP contribution in [0.1, 0.15) is 32.4 Å². The predicted molar refractivity (Wildman–Crippen MR) is 88.4 cm³/mol. The summed E-state index contributed by atoms with van der Waals surface area (Å²) in [4.78, 5) is 17.4. The Morgan fingerprint density at radius 1 is 1.19 bits per heavy atom. The summed E-state index contributed by atoms with van der Waals surface area (Å²) in [6.45, 7) is 4.91. The number of hydrogen-bond acceptors (Lipinski definition) is 6. The maximum absolute atomic E-state index is 4.58. The van der Waals surface area contributed by atoms with Gasteiger partial charge in [0, 0.05) is 9.75 Å². The van der Waals surface area contributed by atoms with Crippen LogP contribution in [0.15, 0.2) is 6.33 Å². The lowest BCUT2D eigenvalue weighted by atomic mass is 10.2. The molecule has 0 aliphatic heterocycles. The van der Waals surface area contributed by atoms with Gasteiger partial charge in [0.25, 0.3) is 0 Å². The van der Waals surface area contributed by atoms with Gasteiger partial charge in [-0.25, -0.2) is 15.0 Å². The smallest absolute Gasteiger partial charge is 0.138 e. The number of thiazole rings is 1. The van der Waals surface area contributed by atoms with Crippen LogP contribution < -0.4 is 5.32 Å². The van der Waals surface area contributed by atoms with Crippen molar-refractivity contribution in [1.82, 2.24) is 15.0 Å². The Morgan fingerprint density at radius 2 is 2.10 bits per heavy atom. The molecule has 3 aromatic heterocycles. The predicted octanol–water partition coefficient (Wildman–Crippen LogP) is 3.87. The average Bonchev–Trinajstić information content (AvgIpc) is 3.10. The van der Waals surface area contributed by atoms with Gasteiger partial charge >= 0.3 is 0 Å². The number of aryl methyl sites for hydroxylation is 4. The maximum atomic E-state index is 4.58. The third-order valence-corrected chi connectivity index (χ3v) is 6.05. The SMILES string of the molecule is Cc1nc(CNc2ncnc3sc4c(c23)CCC4)c(C)s1. The van der Waals surface area contributed by atoms with E-state index in [2.05, 4.69) is 34.1 Å². The summed E-state index contributed by atoms with van der Waals surface area (Å²) in [5, 5.41) is 5.83. The molecule has 0 unspecified atom stereocenters. The van der Waals surface area contributed by atoms with Crippen molar-refractivity contribution in [2.45, 2.75) is 39.7 Å². The molecule has 1 aliphatic carbocycles. The van der Waals surface area contributed by atoms with Crippen molar-refractivity contribution in [3.8, 4) is 0 Å². The van der Waals surface area contributed by atoms with E-state index in [1.807, 2.05) is 11.3 Å². The van der Waals surface area contributed by atoms with Crippen molar-refractivity contribution in [2.75, 3.05) is 5.32 Å². The van der Waals surface area contributed by atoms with Gasteiger partial charge in [-0.15, -0.1) is 22.7 Å². The lowest BCUT2D eigenvalue weighted by Gasteiger charge is -2.06. The first-order valence-electron chi connectivity index (χ1n) is 7.14. The molecule has 21 heavy (non-hydrogen) atoms. The minimum atomic E-state index is 0.729. The molecule has 0 bridgehead atoms. The summed E-state index contributed by atoms with van der Waals surface area (Å²) in [6.07, 6.45) is 5.28. The standard InChI is InChI=1S/C15H16N4S2/c1-8-11(19-9(2)20-8)6-16-14-13-10-4-3-5-12(10)21-15(13)18-7-17-14/h7H,3-6H2,1-2H3,(H,16,17,18). The van der Waals surface area contributed by atoms with E-state index in [0.717, 1.165) is 34.3 Å². The van der Waals surface area contributed by atoms with Gasteiger partial charge in [0.1, 0.15) is 17.0 Å². The van der Waals surface area contributed by atoms with Gasteiger partial charge in [0.15, 0.2) is 0 Å². The Balaban J connectivity index is 1.69. The molecule has 4 nitrogen and oxygen atoms in total. The summed E-state index contributed by atoms with van der Waals surface area (Å²) in [5.74, 6) is 0.962. The second-order valence-corrected chi connectivity index (χ2v) is 7.84. The van der Waals surface area contributed by atoms with Crippen molar-refractivity contribution in [3.63, 3.8) is 0 Å². The van der Waals surface area contributed by atoms with Gasteiger partial charge in [0.2, 0.25) is 0 Å². The quantitative estimate of drug-likeness (QED) is 0.797. The molecule has 0 atom stereocenters. The first-order valence-corrected chi connectivity index (χ1v) is 8.77. The summed E-state index contributed by atoms with van der Waals surface area (Å²) in [5.41, 5.74) is 2.58. The molecule has 0 spiro atoms. The summed E-state index contributed by atoms with van der Waals surface area (Å²) in [6, 6.07) is 0. The number of aromatic nitrogens is 3. The normalized spacial score (nSPS) is 13.8. The van der Waals surface area contributed by atoms with Gasteiger partial charge in [0.05, 0.1) is 22.6 Å². The molecule has 1 N–H and O–H groups in total. The topological polar surface area (TPSA) is 50.7 Å². The summed E-state index contributed by atoms with van der Waals surface area (Å²) < 4.78 is 0. The Hall–Kier alpha value is -1.53. The highest BCUT2D eigenvalue weighted by Crippen LogP contribution is 2.39. The Morgan fingerprint density at radius 3 is 2.90 bits per heavy atom. The lowest BCUT2D eigenvalue weighted by Crippen LogP contribution is -2.04. The second kappa shape index (κ2) is 5.03. The van der Waals surface area contributed by atoms with Crippen LogP contribution in [0.5, 0.6) is 0 Å². The lowest BCUT2D eigenvalue weighted by molar-refractivity contribution is 0.917. The fourth-order valence-corrected chi connectivity index (χ4v) is 5.03. The van der Waals surface area contributed by atoms with E-state index < -0.39 is 0 Å². The van der Waals surface area contributed by atoms with E-state index in [1.165, 1.54) is 33.5 Å². The van der Waals surface area contributed by atoms with Gasteiger partial charge in [-0.05, 0) is 38.7 Å². The van der Waals surface area contributed by atoms with Crippen LogP contribution in [0.25, 0.3) is 10.2 Å². The highest BCUT2D eigenvalue weighted by atomic mass is 32.1. The van der Waals surface area contributed by atoms with Crippen LogP contribution in [-0.4, -0.2) is 15.0 Å².